The van der Waals surface area contributed by atoms with E-state index in [2.05, 4.69) is 9.73 Å². The molecule has 0 radical (unpaired) electrons. The van der Waals surface area contributed by atoms with Gasteiger partial charge in [-0.2, -0.15) is 0 Å². The minimum absolute atomic E-state index is 0.130. The lowest BCUT2D eigenvalue weighted by Crippen LogP contribution is -2.12. The summed E-state index contributed by atoms with van der Waals surface area (Å²) in [5.41, 5.74) is -1.97. The maximum absolute atomic E-state index is 13.9. The molecule has 142 valence electrons. The van der Waals surface area contributed by atoms with Gasteiger partial charge in [0.1, 0.15) is 23.0 Å². The minimum atomic E-state index is -1.50. The van der Waals surface area contributed by atoms with Crippen molar-refractivity contribution in [2.45, 2.75) is 6.92 Å². The van der Waals surface area contributed by atoms with Crippen LogP contribution in [0.3, 0.4) is 0 Å². The van der Waals surface area contributed by atoms with E-state index in [0.29, 0.717) is 18.3 Å². The topological polar surface area (TPSA) is 58.9 Å². The Morgan fingerprint density at radius 2 is 1.70 bits per heavy atom. The van der Waals surface area contributed by atoms with Gasteiger partial charge in [0.15, 0.2) is 17.5 Å². The number of ether oxygens (including phenoxy) is 1. The lowest BCUT2D eigenvalue weighted by atomic mass is 10.1. The Labute approximate surface area is 150 Å². The van der Waals surface area contributed by atoms with Crippen molar-refractivity contribution in [3.8, 4) is 0 Å². The van der Waals surface area contributed by atoms with Crippen LogP contribution in [0.4, 0.5) is 27.6 Å². The van der Waals surface area contributed by atoms with Crippen molar-refractivity contribution in [2.24, 2.45) is 4.99 Å². The molecule has 0 heterocycles. The molecular weight excluding hydrogens is 373 g/mol. The van der Waals surface area contributed by atoms with Crippen LogP contribution in [0.25, 0.3) is 5.76 Å². The summed E-state index contributed by atoms with van der Waals surface area (Å²) in [6.07, 6.45) is 0.643. The van der Waals surface area contributed by atoms with E-state index in [9.17, 15) is 31.9 Å². The van der Waals surface area contributed by atoms with Gasteiger partial charge in [-0.1, -0.05) is 0 Å². The number of aliphatic imine (C=N–C) groups is 1. The molecule has 0 aromatic heterocycles. The van der Waals surface area contributed by atoms with E-state index in [1.54, 1.807) is 0 Å². The average molecular weight is 385 g/mol. The molecule has 0 fully saturated rings. The summed E-state index contributed by atoms with van der Waals surface area (Å²) in [5.74, 6) is -8.52. The highest BCUT2D eigenvalue weighted by atomic mass is 19.2. The number of rotatable bonds is 5. The van der Waals surface area contributed by atoms with E-state index >= 15 is 0 Å². The molecule has 0 saturated carbocycles. The number of aliphatic hydroxyl groups excluding tert-OH is 1. The van der Waals surface area contributed by atoms with Crippen LogP contribution in [0.2, 0.25) is 0 Å². The summed E-state index contributed by atoms with van der Waals surface area (Å²) in [7, 11) is 0. The van der Waals surface area contributed by atoms with Crippen molar-refractivity contribution in [3.05, 3.63) is 70.6 Å². The summed E-state index contributed by atoms with van der Waals surface area (Å²) in [6, 6.07) is 2.92. The highest BCUT2D eigenvalue weighted by molar-refractivity contribution is 6.15. The fourth-order valence-electron chi connectivity index (χ4n) is 1.99. The molecule has 0 aliphatic carbocycles. The highest BCUT2D eigenvalue weighted by Gasteiger charge is 2.21. The number of hydrogen-bond donors (Lipinski definition) is 1. The minimum Gasteiger partial charge on any atom is -0.506 e. The Balaban J connectivity index is 2.57. The van der Waals surface area contributed by atoms with Gasteiger partial charge in [-0.15, -0.1) is 0 Å². The van der Waals surface area contributed by atoms with Gasteiger partial charge in [0.05, 0.1) is 17.9 Å². The van der Waals surface area contributed by atoms with E-state index < -0.39 is 57.6 Å². The molecule has 27 heavy (non-hydrogen) atoms. The van der Waals surface area contributed by atoms with Gasteiger partial charge in [-0.25, -0.2) is 26.7 Å². The van der Waals surface area contributed by atoms with Crippen molar-refractivity contribution >= 4 is 23.6 Å². The van der Waals surface area contributed by atoms with Crippen LogP contribution >= 0.6 is 0 Å². The Kier molecular flexibility index (Phi) is 6.27. The molecule has 1 N–H and O–H groups in total. The normalized spacial score (nSPS) is 12.2. The lowest BCUT2D eigenvalue weighted by molar-refractivity contribution is -0.137. The van der Waals surface area contributed by atoms with Crippen LogP contribution in [0.15, 0.2) is 40.9 Å². The van der Waals surface area contributed by atoms with Crippen LogP contribution in [0.5, 0.6) is 0 Å². The highest BCUT2D eigenvalue weighted by Crippen LogP contribution is 2.24. The van der Waals surface area contributed by atoms with Gasteiger partial charge in [0.25, 0.3) is 0 Å². The first-order valence-corrected chi connectivity index (χ1v) is 7.49. The maximum Gasteiger partial charge on any atom is 0.343 e. The van der Waals surface area contributed by atoms with Gasteiger partial charge in [0, 0.05) is 18.3 Å². The Hall–Kier alpha value is -3.23. The second-order valence-corrected chi connectivity index (χ2v) is 5.08. The van der Waals surface area contributed by atoms with Crippen LogP contribution in [0.1, 0.15) is 12.5 Å². The third-order valence-electron chi connectivity index (χ3n) is 3.26. The van der Waals surface area contributed by atoms with E-state index in [1.807, 2.05) is 0 Å². The predicted octanol–water partition coefficient (Wildman–Crippen LogP) is 4.62. The maximum atomic E-state index is 13.9. The summed E-state index contributed by atoms with van der Waals surface area (Å²) in [6.45, 7) is 1.32. The van der Waals surface area contributed by atoms with E-state index in [4.69, 9.17) is 0 Å². The smallest absolute Gasteiger partial charge is 0.343 e. The summed E-state index contributed by atoms with van der Waals surface area (Å²) in [4.78, 5) is 15.6. The van der Waals surface area contributed by atoms with Gasteiger partial charge in [0.2, 0.25) is 0 Å². The van der Waals surface area contributed by atoms with Gasteiger partial charge in [-0.3, -0.25) is 4.99 Å². The number of carbonyl (C=O) groups excluding carboxylic acids is 1. The predicted molar refractivity (Wildman–Crippen MR) is 87.0 cm³/mol. The molecule has 0 aliphatic rings. The largest absolute Gasteiger partial charge is 0.506 e. The second-order valence-electron chi connectivity index (χ2n) is 5.08. The SMILES string of the molecule is CCOC(=O)/C(C=Nc1ccc(F)cc1F)=C(/O)c1cc(F)c(F)cc1F. The third kappa shape index (κ3) is 4.69. The Bertz CT molecular complexity index is 941. The molecule has 0 amide bonds. The molecule has 9 heteroatoms. The van der Waals surface area contributed by atoms with E-state index in [1.165, 1.54) is 6.92 Å². The first kappa shape index (κ1) is 20.1. The molecule has 0 saturated heterocycles. The van der Waals surface area contributed by atoms with Gasteiger partial charge < -0.3 is 9.84 Å². The molecule has 0 aliphatic heterocycles. The summed E-state index contributed by atoms with van der Waals surface area (Å²) < 4.78 is 71.5. The van der Waals surface area contributed by atoms with Gasteiger partial charge >= 0.3 is 5.97 Å². The molecule has 0 atom stereocenters. The number of carbonyl (C=O) groups is 1. The average Bonchev–Trinajstić information content (AvgIpc) is 2.60. The molecule has 0 unspecified atom stereocenters. The lowest BCUT2D eigenvalue weighted by Gasteiger charge is -2.08. The van der Waals surface area contributed by atoms with E-state index in [0.717, 1.165) is 12.1 Å². The molecule has 2 rings (SSSR count). The monoisotopic (exact) mass is 385 g/mol. The Morgan fingerprint density at radius 3 is 2.33 bits per heavy atom. The number of esters is 1. The number of benzene rings is 2. The number of hydrogen-bond acceptors (Lipinski definition) is 4. The molecule has 0 spiro atoms. The Morgan fingerprint density at radius 1 is 1.04 bits per heavy atom. The van der Waals surface area contributed by atoms with Crippen LogP contribution in [0, 0.1) is 29.1 Å². The van der Waals surface area contributed by atoms with Crippen molar-refractivity contribution in [1.29, 1.82) is 0 Å². The van der Waals surface area contributed by atoms with E-state index in [-0.39, 0.29) is 12.7 Å². The number of aliphatic hydroxyl groups is 1. The zero-order valence-electron chi connectivity index (χ0n) is 13.8. The number of halogens is 5. The van der Waals surface area contributed by atoms with Crippen LogP contribution in [-0.4, -0.2) is 23.9 Å². The molecule has 2 aromatic carbocycles. The molecular formula is C18H12F5NO3. The summed E-state index contributed by atoms with van der Waals surface area (Å²) >= 11 is 0. The van der Waals surface area contributed by atoms with Crippen LogP contribution < -0.4 is 0 Å². The first-order valence-electron chi connectivity index (χ1n) is 7.49. The third-order valence-corrected chi connectivity index (χ3v) is 3.26. The zero-order chi connectivity index (χ0) is 20.1. The number of nitrogens with zero attached hydrogens (tertiary/aromatic N) is 1. The van der Waals surface area contributed by atoms with Crippen molar-refractivity contribution in [3.63, 3.8) is 0 Å². The van der Waals surface area contributed by atoms with Crippen LogP contribution in [-0.2, 0) is 9.53 Å². The molecule has 0 bridgehead atoms. The first-order chi connectivity index (χ1) is 12.7. The second kappa shape index (κ2) is 8.43. The fourth-order valence-corrected chi connectivity index (χ4v) is 1.99. The molecule has 4 nitrogen and oxygen atoms in total. The summed E-state index contributed by atoms with van der Waals surface area (Å²) in [5, 5.41) is 10.2. The quantitative estimate of drug-likeness (QED) is 0.204. The van der Waals surface area contributed by atoms with Crippen molar-refractivity contribution < 1.29 is 36.6 Å². The van der Waals surface area contributed by atoms with Gasteiger partial charge in [-0.05, 0) is 25.1 Å². The standard InChI is InChI=1S/C18H12F5NO3/c1-2-27-18(26)11(8-24-16-4-3-9(19)5-15(16)23)17(25)10-6-13(21)14(22)7-12(10)20/h3-8,25H,2H2,1H3/b17-11+,24-8?. The van der Waals surface area contributed by atoms with Crippen molar-refractivity contribution in [1.82, 2.24) is 0 Å². The zero-order valence-corrected chi connectivity index (χ0v) is 13.8. The fraction of sp³-hybridized carbons (Fsp3) is 0.111. The molecule has 2 aromatic rings. The van der Waals surface area contributed by atoms with Crippen molar-refractivity contribution in [2.75, 3.05) is 6.61 Å².